The van der Waals surface area contributed by atoms with Crippen molar-refractivity contribution in [3.05, 3.63) is 12.7 Å². The maximum atomic E-state index is 14.0. The second kappa shape index (κ2) is 15.9. The summed E-state index contributed by atoms with van der Waals surface area (Å²) in [6.07, 6.45) is 11.3. The van der Waals surface area contributed by atoms with Gasteiger partial charge in [-0.15, -0.1) is 18.9 Å². The van der Waals surface area contributed by atoms with E-state index >= 15 is 0 Å². The van der Waals surface area contributed by atoms with Crippen LogP contribution in [0.3, 0.4) is 0 Å². The van der Waals surface area contributed by atoms with Crippen molar-refractivity contribution in [2.45, 2.75) is 128 Å². The molecule has 13 heteroatoms. The number of Topliss-reactive ketones (excluding diaryl/α,β-unsaturated/α-hetero) is 1. The first-order valence-corrected chi connectivity index (χ1v) is 17.7. The number of urea groups is 1. The summed E-state index contributed by atoms with van der Waals surface area (Å²) >= 11 is 0. The average molecular weight is 664 g/mol. The molecule has 0 aromatic rings. The second-order valence-electron chi connectivity index (χ2n) is 14.5. The molecule has 2 aliphatic rings. The third-order valence-corrected chi connectivity index (χ3v) is 11.5. The molecule has 5 amide bonds. The van der Waals surface area contributed by atoms with E-state index in [-0.39, 0.29) is 31.7 Å². The molecule has 0 radical (unpaired) electrons. The number of likely N-dealkylation sites (tertiary alicyclic amines) is 1. The molecule has 1 saturated carbocycles. The summed E-state index contributed by atoms with van der Waals surface area (Å²) in [6, 6.07) is -3.81. The van der Waals surface area contributed by atoms with E-state index < -0.39 is 73.2 Å². The van der Waals surface area contributed by atoms with Crippen LogP contribution in [0.1, 0.15) is 99.3 Å². The van der Waals surface area contributed by atoms with Crippen molar-refractivity contribution in [3.63, 3.8) is 0 Å². The Labute approximate surface area is 274 Å². The molecule has 0 bridgehead atoms. The number of rotatable bonds is 13. The minimum Gasteiger partial charge on any atom is -0.346 e. The number of terminal acetylenes is 1. The molecule has 4 N–H and O–H groups in total. The van der Waals surface area contributed by atoms with Crippen molar-refractivity contribution in [3.8, 4) is 12.3 Å². The average Bonchev–Trinajstić information content (AvgIpc) is 3.45. The van der Waals surface area contributed by atoms with Crippen LogP contribution in [0.25, 0.3) is 0 Å². The Morgan fingerprint density at radius 2 is 1.65 bits per heavy atom. The predicted octanol–water partition coefficient (Wildman–Crippen LogP) is 2.38. The Morgan fingerprint density at radius 3 is 2.20 bits per heavy atom. The third-order valence-electron chi connectivity index (χ3n) is 8.66. The van der Waals surface area contributed by atoms with Gasteiger partial charge in [-0.25, -0.2) is 13.2 Å². The van der Waals surface area contributed by atoms with E-state index in [0.29, 0.717) is 25.7 Å². The van der Waals surface area contributed by atoms with Crippen LogP contribution in [-0.2, 0) is 29.0 Å². The van der Waals surface area contributed by atoms with Gasteiger partial charge in [-0.2, -0.15) is 0 Å². The van der Waals surface area contributed by atoms with Crippen LogP contribution in [0.4, 0.5) is 4.79 Å². The Bertz CT molecular complexity index is 1300. The molecular formula is C33H53N5O7S. The molecule has 2 fully saturated rings. The number of hydrogen-bond acceptors (Lipinski definition) is 7. The fraction of sp³-hybridized carbons (Fsp3) is 0.727. The Hall–Kier alpha value is -3.40. The van der Waals surface area contributed by atoms with Crippen LogP contribution >= 0.6 is 0 Å². The first kappa shape index (κ1) is 38.8. The molecule has 1 aliphatic carbocycles. The van der Waals surface area contributed by atoms with Crippen LogP contribution < -0.4 is 21.3 Å². The number of nitrogens with one attached hydrogen (secondary N) is 4. The van der Waals surface area contributed by atoms with Crippen LogP contribution in [-0.4, -0.2) is 90.1 Å². The zero-order valence-corrected chi connectivity index (χ0v) is 29.1. The minimum absolute atomic E-state index is 0.0439. The quantitative estimate of drug-likeness (QED) is 0.133. The number of hydrogen-bond donors (Lipinski definition) is 4. The van der Waals surface area contributed by atoms with Gasteiger partial charge >= 0.3 is 6.03 Å². The summed E-state index contributed by atoms with van der Waals surface area (Å²) in [7, 11) is -3.56. The molecule has 1 heterocycles. The standard InChI is InChI=1S/C33H53N5O7S/c1-9-11-16-23(25(39)28(41)34-20-10-2)35-27(40)24-17-15-21-38(24)29(42)26(31(3,4)5)36-30(43)37-33(18-13-12-14-19-33)22-46(44,45)32(6,7)8/h1,10,23-24,26H,2,11-22H2,3-8H3,(H,34,41)(H,35,40)(H2,36,37,43)/t23?,24?,26-/m1/s1. The van der Waals surface area contributed by atoms with Gasteiger partial charge in [0.1, 0.15) is 12.1 Å². The molecule has 1 saturated heterocycles. The van der Waals surface area contributed by atoms with Crippen molar-refractivity contribution in [2.24, 2.45) is 5.41 Å². The van der Waals surface area contributed by atoms with E-state index in [1.807, 2.05) is 0 Å². The summed E-state index contributed by atoms with van der Waals surface area (Å²) in [5.74, 6) is -0.592. The molecule has 12 nitrogen and oxygen atoms in total. The molecule has 0 spiro atoms. The van der Waals surface area contributed by atoms with E-state index in [1.165, 1.54) is 11.0 Å². The highest BCUT2D eigenvalue weighted by Crippen LogP contribution is 2.33. The molecule has 1 aliphatic heterocycles. The van der Waals surface area contributed by atoms with Gasteiger partial charge in [0.25, 0.3) is 5.91 Å². The highest BCUT2D eigenvalue weighted by molar-refractivity contribution is 7.92. The van der Waals surface area contributed by atoms with Crippen molar-refractivity contribution in [1.29, 1.82) is 0 Å². The molecule has 2 rings (SSSR count). The lowest BCUT2D eigenvalue weighted by molar-refractivity contribution is -0.143. The van der Waals surface area contributed by atoms with Gasteiger partial charge in [0.15, 0.2) is 9.84 Å². The summed E-state index contributed by atoms with van der Waals surface area (Å²) < 4.78 is 25.4. The van der Waals surface area contributed by atoms with Gasteiger partial charge in [-0.05, 0) is 58.3 Å². The summed E-state index contributed by atoms with van der Waals surface area (Å²) in [6.45, 7) is 14.1. The summed E-state index contributed by atoms with van der Waals surface area (Å²) in [4.78, 5) is 67.6. The number of carbonyl (C=O) groups excluding carboxylic acids is 5. The summed E-state index contributed by atoms with van der Waals surface area (Å²) in [5, 5.41) is 10.8. The molecule has 0 aromatic carbocycles. The predicted molar refractivity (Wildman–Crippen MR) is 177 cm³/mol. The molecule has 258 valence electrons. The van der Waals surface area contributed by atoms with Gasteiger partial charge in [0, 0.05) is 19.5 Å². The third kappa shape index (κ3) is 10.3. The van der Waals surface area contributed by atoms with E-state index in [4.69, 9.17) is 6.42 Å². The van der Waals surface area contributed by atoms with Crippen LogP contribution in [0.5, 0.6) is 0 Å². The molecule has 2 unspecified atom stereocenters. The zero-order chi connectivity index (χ0) is 34.9. The molecular weight excluding hydrogens is 610 g/mol. The van der Waals surface area contributed by atoms with Gasteiger partial charge in [-0.1, -0.05) is 46.1 Å². The second-order valence-corrected chi connectivity index (χ2v) is 17.2. The topological polar surface area (TPSA) is 171 Å². The van der Waals surface area contributed by atoms with Gasteiger partial charge < -0.3 is 26.2 Å². The Balaban J connectivity index is 2.25. The van der Waals surface area contributed by atoms with Crippen molar-refractivity contribution in [1.82, 2.24) is 26.2 Å². The highest BCUT2D eigenvalue weighted by Gasteiger charge is 2.45. The Kier molecular flexibility index (Phi) is 13.4. The SMILES string of the molecule is C#CCCC(NC(=O)C1CCCN1C(=O)[C@@H](NC(=O)NC1(CS(=O)(=O)C(C)(C)C)CCCCC1)C(C)(C)C)C(=O)C(=O)NCC=C. The van der Waals surface area contributed by atoms with Crippen molar-refractivity contribution in [2.75, 3.05) is 18.8 Å². The van der Waals surface area contributed by atoms with Gasteiger partial charge in [0.2, 0.25) is 17.6 Å². The lowest BCUT2D eigenvalue weighted by Gasteiger charge is -2.41. The molecule has 46 heavy (non-hydrogen) atoms. The fourth-order valence-corrected chi connectivity index (χ4v) is 7.34. The largest absolute Gasteiger partial charge is 0.346 e. The first-order chi connectivity index (χ1) is 21.3. The number of carbonyl (C=O) groups is 5. The number of ketones is 1. The maximum absolute atomic E-state index is 14.0. The normalized spacial score (nSPS) is 19.6. The van der Waals surface area contributed by atoms with E-state index in [0.717, 1.165) is 19.3 Å². The lowest BCUT2D eigenvalue weighted by atomic mass is 9.83. The molecule has 3 atom stereocenters. The Morgan fingerprint density at radius 1 is 1.02 bits per heavy atom. The van der Waals surface area contributed by atoms with Crippen LogP contribution in [0, 0.1) is 17.8 Å². The molecule has 0 aromatic heterocycles. The highest BCUT2D eigenvalue weighted by atomic mass is 32.2. The van der Waals surface area contributed by atoms with Crippen LogP contribution in [0.15, 0.2) is 12.7 Å². The lowest BCUT2D eigenvalue weighted by Crippen LogP contribution is -2.63. The number of amides is 5. The van der Waals surface area contributed by atoms with Gasteiger partial charge in [-0.3, -0.25) is 19.2 Å². The van der Waals surface area contributed by atoms with Crippen molar-refractivity contribution >= 4 is 39.4 Å². The van der Waals surface area contributed by atoms with Gasteiger partial charge in [0.05, 0.1) is 22.1 Å². The number of sulfone groups is 1. The zero-order valence-electron chi connectivity index (χ0n) is 28.3. The smallest absolute Gasteiger partial charge is 0.315 e. The maximum Gasteiger partial charge on any atom is 0.315 e. The number of nitrogens with zero attached hydrogens (tertiary/aromatic N) is 1. The van der Waals surface area contributed by atoms with Crippen molar-refractivity contribution < 1.29 is 32.4 Å². The van der Waals surface area contributed by atoms with E-state index in [9.17, 15) is 32.4 Å². The summed E-state index contributed by atoms with van der Waals surface area (Å²) in [5.41, 5.74) is -1.74. The van der Waals surface area contributed by atoms with E-state index in [1.54, 1.807) is 41.5 Å². The fourth-order valence-electron chi connectivity index (χ4n) is 5.81. The minimum atomic E-state index is -3.56. The first-order valence-electron chi connectivity index (χ1n) is 16.1. The van der Waals surface area contributed by atoms with Crippen LogP contribution in [0.2, 0.25) is 0 Å². The van der Waals surface area contributed by atoms with E-state index in [2.05, 4.69) is 33.8 Å². The monoisotopic (exact) mass is 663 g/mol.